The van der Waals surface area contributed by atoms with Crippen LogP contribution in [-0.4, -0.2) is 31.3 Å². The molecule has 1 unspecified atom stereocenters. The van der Waals surface area contributed by atoms with Gasteiger partial charge in [0.15, 0.2) is 5.65 Å². The Bertz CT molecular complexity index is 1380. The molecule has 162 valence electrons. The van der Waals surface area contributed by atoms with E-state index < -0.39 is 0 Å². The fourth-order valence-corrected chi connectivity index (χ4v) is 4.52. The van der Waals surface area contributed by atoms with Crippen LogP contribution in [0, 0.1) is 13.8 Å². The Morgan fingerprint density at radius 1 is 1.09 bits per heavy atom. The number of hydrogen-bond donors (Lipinski definition) is 0. The molecule has 0 saturated heterocycles. The Hall–Kier alpha value is -3.74. The van der Waals surface area contributed by atoms with Crippen LogP contribution in [-0.2, 0) is 17.8 Å². The average Bonchev–Trinajstić information content (AvgIpc) is 3.34. The summed E-state index contributed by atoms with van der Waals surface area (Å²) in [6.45, 7) is 6.16. The molecule has 0 radical (unpaired) electrons. The second-order valence-corrected chi connectivity index (χ2v) is 8.44. The number of carbonyl (C=O) groups is 1. The van der Waals surface area contributed by atoms with E-state index in [9.17, 15) is 9.59 Å². The lowest BCUT2D eigenvalue weighted by Crippen LogP contribution is -2.37. The summed E-state index contributed by atoms with van der Waals surface area (Å²) in [5.41, 5.74) is 4.52. The number of nitrogens with zero attached hydrogens (tertiary/aromatic N) is 5. The monoisotopic (exact) mass is 427 g/mol. The van der Waals surface area contributed by atoms with E-state index in [0.29, 0.717) is 16.9 Å². The van der Waals surface area contributed by atoms with Crippen LogP contribution in [0.3, 0.4) is 0 Å². The lowest BCUT2D eigenvalue weighted by atomic mass is 10.1. The SMILES string of the molecule is Cc1ccc(-n2ncc3c(=O)n(CCC(=O)N4c5ccccc5CC4C)c(C)nc32)cc1. The second-order valence-electron chi connectivity index (χ2n) is 8.44. The maximum atomic E-state index is 13.2. The van der Waals surface area contributed by atoms with E-state index in [1.807, 2.05) is 54.3 Å². The number of anilines is 1. The first-order chi connectivity index (χ1) is 15.4. The number of fused-ring (bicyclic) bond motifs is 2. The lowest BCUT2D eigenvalue weighted by Gasteiger charge is -2.23. The number of rotatable bonds is 4. The van der Waals surface area contributed by atoms with Crippen LogP contribution in [0.15, 0.2) is 59.5 Å². The summed E-state index contributed by atoms with van der Waals surface area (Å²) in [5, 5.41) is 4.84. The molecular formula is C25H25N5O2. The normalized spacial score (nSPS) is 15.3. The Balaban J connectivity index is 1.42. The third-order valence-corrected chi connectivity index (χ3v) is 6.18. The van der Waals surface area contributed by atoms with E-state index in [2.05, 4.69) is 23.1 Å². The van der Waals surface area contributed by atoms with E-state index in [1.54, 1.807) is 22.4 Å². The molecule has 3 heterocycles. The topological polar surface area (TPSA) is 73.0 Å². The van der Waals surface area contributed by atoms with Gasteiger partial charge in [0.2, 0.25) is 5.91 Å². The summed E-state index contributed by atoms with van der Waals surface area (Å²) in [6, 6.07) is 16.0. The predicted octanol–water partition coefficient (Wildman–Crippen LogP) is 3.57. The van der Waals surface area contributed by atoms with E-state index >= 15 is 0 Å². The predicted molar refractivity (Wildman–Crippen MR) is 124 cm³/mol. The average molecular weight is 428 g/mol. The highest BCUT2D eigenvalue weighted by Gasteiger charge is 2.30. The zero-order valence-corrected chi connectivity index (χ0v) is 18.4. The van der Waals surface area contributed by atoms with Crippen molar-refractivity contribution in [2.75, 3.05) is 4.90 Å². The minimum atomic E-state index is -0.173. The first-order valence-corrected chi connectivity index (χ1v) is 10.9. The van der Waals surface area contributed by atoms with Gasteiger partial charge in [0.25, 0.3) is 5.56 Å². The van der Waals surface area contributed by atoms with Crippen LogP contribution < -0.4 is 10.5 Å². The van der Waals surface area contributed by atoms with Gasteiger partial charge in [-0.1, -0.05) is 35.9 Å². The summed E-state index contributed by atoms with van der Waals surface area (Å²) in [5.74, 6) is 0.586. The Morgan fingerprint density at radius 2 is 1.84 bits per heavy atom. The molecule has 4 aromatic rings. The molecule has 0 N–H and O–H groups in total. The van der Waals surface area contributed by atoms with Gasteiger partial charge in [-0.05, 0) is 51.0 Å². The van der Waals surface area contributed by atoms with Gasteiger partial charge in [0, 0.05) is 24.7 Å². The molecule has 1 aliphatic heterocycles. The summed E-state index contributed by atoms with van der Waals surface area (Å²) in [6.07, 6.45) is 2.65. The van der Waals surface area contributed by atoms with Crippen molar-refractivity contribution in [1.29, 1.82) is 0 Å². The van der Waals surface area contributed by atoms with Crippen LogP contribution in [0.4, 0.5) is 5.69 Å². The van der Waals surface area contributed by atoms with Gasteiger partial charge in [-0.25, -0.2) is 9.67 Å². The molecule has 1 atom stereocenters. The van der Waals surface area contributed by atoms with Crippen molar-refractivity contribution < 1.29 is 4.79 Å². The second kappa shape index (κ2) is 7.75. The van der Waals surface area contributed by atoms with Gasteiger partial charge in [0.1, 0.15) is 11.2 Å². The summed E-state index contributed by atoms with van der Waals surface area (Å²) in [4.78, 5) is 32.8. The highest BCUT2D eigenvalue weighted by atomic mass is 16.2. The van der Waals surface area contributed by atoms with Crippen molar-refractivity contribution in [2.24, 2.45) is 0 Å². The van der Waals surface area contributed by atoms with E-state index in [1.165, 1.54) is 5.56 Å². The van der Waals surface area contributed by atoms with E-state index in [0.717, 1.165) is 23.4 Å². The van der Waals surface area contributed by atoms with Gasteiger partial charge in [-0.2, -0.15) is 5.10 Å². The first kappa shape index (κ1) is 20.2. The smallest absolute Gasteiger partial charge is 0.264 e. The molecule has 5 rings (SSSR count). The molecular weight excluding hydrogens is 402 g/mol. The number of carbonyl (C=O) groups excluding carboxylic acids is 1. The standard InChI is InChI=1S/C25H25N5O2/c1-16-8-10-20(11-9-16)30-24-21(15-26-30)25(32)28(18(3)27-24)13-12-23(31)29-17(2)14-19-6-4-5-7-22(19)29/h4-11,15,17H,12-14H2,1-3H3. The maximum Gasteiger partial charge on any atom is 0.264 e. The Kier molecular flexibility index (Phi) is 4.89. The molecule has 0 saturated carbocycles. The van der Waals surface area contributed by atoms with E-state index in [4.69, 9.17) is 0 Å². The van der Waals surface area contributed by atoms with Crippen molar-refractivity contribution in [3.8, 4) is 5.69 Å². The number of aromatic nitrogens is 4. The quantitative estimate of drug-likeness (QED) is 0.499. The summed E-state index contributed by atoms with van der Waals surface area (Å²) >= 11 is 0. The van der Waals surface area contributed by atoms with Gasteiger partial charge in [-0.3, -0.25) is 14.2 Å². The minimum absolute atomic E-state index is 0.0178. The van der Waals surface area contributed by atoms with Gasteiger partial charge >= 0.3 is 0 Å². The molecule has 1 aliphatic rings. The summed E-state index contributed by atoms with van der Waals surface area (Å²) < 4.78 is 3.26. The molecule has 2 aromatic carbocycles. The third kappa shape index (κ3) is 3.30. The minimum Gasteiger partial charge on any atom is -0.309 e. The van der Waals surface area contributed by atoms with Crippen LogP contribution in [0.2, 0.25) is 0 Å². The largest absolute Gasteiger partial charge is 0.309 e. The van der Waals surface area contributed by atoms with Crippen LogP contribution in [0.1, 0.15) is 30.3 Å². The highest BCUT2D eigenvalue weighted by molar-refractivity contribution is 5.96. The van der Waals surface area contributed by atoms with Crippen LogP contribution in [0.25, 0.3) is 16.7 Å². The van der Waals surface area contributed by atoms with Crippen LogP contribution in [0.5, 0.6) is 0 Å². The Labute approximate surface area is 185 Å². The zero-order valence-electron chi connectivity index (χ0n) is 18.4. The van der Waals surface area contributed by atoms with Crippen molar-refractivity contribution in [2.45, 2.75) is 46.2 Å². The molecule has 2 aromatic heterocycles. The zero-order chi connectivity index (χ0) is 22.4. The molecule has 0 spiro atoms. The lowest BCUT2D eigenvalue weighted by molar-refractivity contribution is -0.119. The molecule has 1 amide bonds. The number of hydrogen-bond acceptors (Lipinski definition) is 4. The number of amides is 1. The molecule has 32 heavy (non-hydrogen) atoms. The van der Waals surface area contributed by atoms with Crippen molar-refractivity contribution in [3.05, 3.63) is 82.0 Å². The highest BCUT2D eigenvalue weighted by Crippen LogP contribution is 2.32. The van der Waals surface area contributed by atoms with Crippen molar-refractivity contribution in [3.63, 3.8) is 0 Å². The number of para-hydroxylation sites is 1. The maximum absolute atomic E-state index is 13.2. The fourth-order valence-electron chi connectivity index (χ4n) is 4.52. The van der Waals surface area contributed by atoms with E-state index in [-0.39, 0.29) is 30.5 Å². The number of aryl methyl sites for hydroxylation is 2. The van der Waals surface area contributed by atoms with Gasteiger partial charge in [0.05, 0.1) is 11.9 Å². The van der Waals surface area contributed by atoms with Crippen LogP contribution >= 0.6 is 0 Å². The fraction of sp³-hybridized carbons (Fsp3) is 0.280. The number of benzene rings is 2. The molecule has 7 heteroatoms. The third-order valence-electron chi connectivity index (χ3n) is 6.18. The molecule has 7 nitrogen and oxygen atoms in total. The molecule has 0 aliphatic carbocycles. The van der Waals surface area contributed by atoms with Crippen molar-refractivity contribution >= 4 is 22.6 Å². The van der Waals surface area contributed by atoms with Gasteiger partial charge < -0.3 is 4.90 Å². The van der Waals surface area contributed by atoms with Gasteiger partial charge in [-0.15, -0.1) is 0 Å². The summed E-state index contributed by atoms with van der Waals surface area (Å²) in [7, 11) is 0. The van der Waals surface area contributed by atoms with Crippen molar-refractivity contribution in [1.82, 2.24) is 19.3 Å². The molecule has 0 fully saturated rings. The first-order valence-electron chi connectivity index (χ1n) is 10.9. The Morgan fingerprint density at radius 3 is 2.62 bits per heavy atom. The molecule has 0 bridgehead atoms.